The molecule has 330 valence electrons. The minimum absolute atomic E-state index is 0.0937. The van der Waals surface area contributed by atoms with E-state index in [1.54, 1.807) is 0 Å². The summed E-state index contributed by atoms with van der Waals surface area (Å²) < 4.78 is 0. The Morgan fingerprint density at radius 3 is 2.00 bits per heavy atom. The van der Waals surface area contributed by atoms with Crippen molar-refractivity contribution >= 4 is 52.3 Å². The lowest BCUT2D eigenvalue weighted by molar-refractivity contribution is 0.486. The molecule has 5 aliphatic rings. The average molecular weight is 885 g/mol. The molecule has 1 aromatic heterocycles. The van der Waals surface area contributed by atoms with E-state index < -0.39 is 5.41 Å². The predicted octanol–water partition coefficient (Wildman–Crippen LogP) is 15.1. The molecule has 9 aromatic rings. The van der Waals surface area contributed by atoms with Crippen molar-refractivity contribution in [2.75, 3.05) is 4.90 Å². The molecule has 14 rings (SSSR count). The minimum Gasteiger partial charge on any atom is -0.310 e. The summed E-state index contributed by atoms with van der Waals surface area (Å²) in [6.07, 6.45) is 18.6. The molecule has 5 unspecified atom stereocenters. The lowest BCUT2D eigenvalue weighted by Gasteiger charge is -2.47. The molecule has 1 aliphatic heterocycles. The Morgan fingerprint density at radius 1 is 0.551 bits per heavy atom. The number of para-hydroxylation sites is 4. The zero-order chi connectivity index (χ0) is 45.6. The number of hydrogen-bond acceptors (Lipinski definition) is 2. The van der Waals surface area contributed by atoms with Gasteiger partial charge in [0.15, 0.2) is 0 Å². The standard InChI is InChI=1S/C67H52N2/c1-43-51(38-36-47-35-34-46-33-32-45(44-18-5-2-6-19-44)22-17-26-52(46)65(43)47)49-37-39-58-55(40-49)56-41-57-54(53-25-11-14-29-62(53)68-66(57)48-20-7-3-8-21-48)42-61(56)67(58)59-27-12-15-30-63(59)69(50-23-9-4-10-24-50)64-31-16-13-28-60(64)67/h2-16,18-21,23-25,27-43,45,51,56,61H,17,22,26H2,1H3. The Bertz CT molecular complexity index is 3650. The molecule has 0 bridgehead atoms. The second-order valence-electron chi connectivity index (χ2n) is 20.0. The van der Waals surface area contributed by atoms with Gasteiger partial charge < -0.3 is 4.90 Å². The van der Waals surface area contributed by atoms with Gasteiger partial charge in [-0.1, -0.05) is 207 Å². The number of fused-ring (bicyclic) bond motifs is 15. The van der Waals surface area contributed by atoms with Crippen LogP contribution in [0, 0.1) is 5.92 Å². The highest BCUT2D eigenvalue weighted by Crippen LogP contribution is 2.66. The van der Waals surface area contributed by atoms with Crippen LogP contribution in [-0.2, 0) is 11.8 Å². The highest BCUT2D eigenvalue weighted by Gasteiger charge is 2.57. The Kier molecular flexibility index (Phi) is 9.28. The largest absolute Gasteiger partial charge is 0.310 e. The lowest BCUT2D eigenvalue weighted by atomic mass is 9.60. The van der Waals surface area contributed by atoms with E-state index in [4.69, 9.17) is 4.98 Å². The first-order valence-corrected chi connectivity index (χ1v) is 25.1. The van der Waals surface area contributed by atoms with Crippen molar-refractivity contribution in [2.24, 2.45) is 5.92 Å². The molecule has 2 heteroatoms. The molecular formula is C67H52N2. The van der Waals surface area contributed by atoms with Crippen molar-refractivity contribution in [3.63, 3.8) is 0 Å². The monoisotopic (exact) mass is 884 g/mol. The van der Waals surface area contributed by atoms with E-state index >= 15 is 0 Å². The minimum atomic E-state index is -0.469. The van der Waals surface area contributed by atoms with E-state index in [2.05, 4.69) is 242 Å². The number of allylic oxidation sites excluding steroid dienone is 2. The average Bonchev–Trinajstić information content (AvgIpc) is 3.68. The van der Waals surface area contributed by atoms with Crippen LogP contribution in [0.25, 0.3) is 46.5 Å². The summed E-state index contributed by atoms with van der Waals surface area (Å²) in [4.78, 5) is 7.96. The van der Waals surface area contributed by atoms with E-state index in [1.807, 2.05) is 0 Å². The molecule has 0 amide bonds. The Balaban J connectivity index is 0.985. The summed E-state index contributed by atoms with van der Waals surface area (Å²) in [5.41, 5.74) is 20.6. The van der Waals surface area contributed by atoms with Gasteiger partial charge in [-0.2, -0.15) is 0 Å². The van der Waals surface area contributed by atoms with E-state index in [9.17, 15) is 0 Å². The molecule has 2 nitrogen and oxygen atoms in total. The van der Waals surface area contributed by atoms with Crippen molar-refractivity contribution in [3.8, 4) is 11.3 Å². The number of aromatic nitrogens is 1. The van der Waals surface area contributed by atoms with Gasteiger partial charge in [0.25, 0.3) is 0 Å². The molecule has 8 aromatic carbocycles. The Morgan fingerprint density at radius 2 is 1.22 bits per heavy atom. The van der Waals surface area contributed by atoms with Gasteiger partial charge in [-0.15, -0.1) is 0 Å². The molecule has 4 aliphatic carbocycles. The van der Waals surface area contributed by atoms with Crippen molar-refractivity contribution in [1.82, 2.24) is 4.98 Å². The van der Waals surface area contributed by atoms with Crippen molar-refractivity contribution < 1.29 is 0 Å². The number of anilines is 3. The normalized spacial score (nSPS) is 21.0. The highest BCUT2D eigenvalue weighted by molar-refractivity contribution is 5.92. The first-order chi connectivity index (χ1) is 34.1. The van der Waals surface area contributed by atoms with Crippen molar-refractivity contribution in [1.29, 1.82) is 0 Å². The Hall–Kier alpha value is -7.81. The SMILES string of the molecule is CC1c2c(ccc3c2CCCC(c2ccccc2)C=C3)C=CC1c1ccc2c(c1)C1C=c3c(-c4ccccc4)nc4ccccc4c3=CC1C21c2ccccc2N(c2ccccc2)c2ccccc21. The molecule has 69 heavy (non-hydrogen) atoms. The molecule has 5 atom stereocenters. The van der Waals surface area contributed by atoms with Gasteiger partial charge in [-0.05, 0) is 116 Å². The van der Waals surface area contributed by atoms with E-state index in [0.29, 0.717) is 11.8 Å². The zero-order valence-corrected chi connectivity index (χ0v) is 38.8. The number of hydrogen-bond donors (Lipinski definition) is 0. The molecule has 2 heterocycles. The van der Waals surface area contributed by atoms with Gasteiger partial charge in [-0.3, -0.25) is 0 Å². The Labute approximate surface area is 405 Å². The van der Waals surface area contributed by atoms with Crippen LogP contribution in [0.1, 0.15) is 99.1 Å². The highest BCUT2D eigenvalue weighted by atomic mass is 15.2. The van der Waals surface area contributed by atoms with Crippen LogP contribution in [-0.4, -0.2) is 4.98 Å². The van der Waals surface area contributed by atoms with Crippen LogP contribution in [0.3, 0.4) is 0 Å². The first kappa shape index (κ1) is 40.3. The van der Waals surface area contributed by atoms with Crippen LogP contribution in [0.5, 0.6) is 0 Å². The summed E-state index contributed by atoms with van der Waals surface area (Å²) in [6.45, 7) is 2.49. The van der Waals surface area contributed by atoms with Crippen LogP contribution in [0.2, 0.25) is 0 Å². The van der Waals surface area contributed by atoms with Gasteiger partial charge in [0, 0.05) is 45.5 Å². The molecule has 0 radical (unpaired) electrons. The van der Waals surface area contributed by atoms with Crippen LogP contribution in [0.15, 0.2) is 206 Å². The smallest absolute Gasteiger partial charge is 0.0784 e. The van der Waals surface area contributed by atoms with Crippen LogP contribution < -0.4 is 15.3 Å². The number of rotatable bonds is 4. The summed E-state index contributed by atoms with van der Waals surface area (Å²) in [5, 5.41) is 3.73. The van der Waals surface area contributed by atoms with Gasteiger partial charge in [0.05, 0.1) is 28.0 Å². The quantitative estimate of drug-likeness (QED) is 0.175. The maximum Gasteiger partial charge on any atom is 0.0784 e. The van der Waals surface area contributed by atoms with Gasteiger partial charge in [0.2, 0.25) is 0 Å². The van der Waals surface area contributed by atoms with Crippen LogP contribution in [0.4, 0.5) is 17.1 Å². The summed E-state index contributed by atoms with van der Waals surface area (Å²) in [5.74, 6) is 1.19. The topological polar surface area (TPSA) is 16.1 Å². The van der Waals surface area contributed by atoms with Gasteiger partial charge in [0.1, 0.15) is 0 Å². The molecule has 0 saturated heterocycles. The maximum absolute atomic E-state index is 5.47. The number of benzene rings is 8. The van der Waals surface area contributed by atoms with Gasteiger partial charge >= 0.3 is 0 Å². The van der Waals surface area contributed by atoms with Crippen molar-refractivity contribution in [3.05, 3.63) is 272 Å². The predicted molar refractivity (Wildman–Crippen MR) is 287 cm³/mol. The first-order valence-electron chi connectivity index (χ1n) is 25.1. The molecule has 0 saturated carbocycles. The van der Waals surface area contributed by atoms with Crippen molar-refractivity contribution in [2.45, 2.75) is 55.3 Å². The molecule has 0 fully saturated rings. The summed E-state index contributed by atoms with van der Waals surface area (Å²) in [6, 6.07) is 72.6. The fourth-order valence-corrected chi connectivity index (χ4v) is 13.6. The third-order valence-corrected chi connectivity index (χ3v) is 16.6. The third-order valence-electron chi connectivity index (χ3n) is 16.6. The zero-order valence-electron chi connectivity index (χ0n) is 38.8. The molecule has 0 N–H and O–H groups in total. The number of nitrogens with zero attached hydrogens (tertiary/aromatic N) is 2. The maximum atomic E-state index is 5.47. The molecule has 1 spiro atoms. The van der Waals surface area contributed by atoms with Gasteiger partial charge in [-0.25, -0.2) is 4.98 Å². The second-order valence-corrected chi connectivity index (χ2v) is 20.0. The van der Waals surface area contributed by atoms with Crippen LogP contribution >= 0.6 is 0 Å². The lowest BCUT2D eigenvalue weighted by Crippen LogP contribution is -2.43. The van der Waals surface area contributed by atoms with E-state index in [1.165, 1.54) is 94.9 Å². The summed E-state index contributed by atoms with van der Waals surface area (Å²) in [7, 11) is 0. The summed E-state index contributed by atoms with van der Waals surface area (Å²) >= 11 is 0. The fourth-order valence-electron chi connectivity index (χ4n) is 13.6. The second kappa shape index (κ2) is 15.9. The van der Waals surface area contributed by atoms with E-state index in [0.717, 1.165) is 29.6 Å². The fraction of sp³-hybridized carbons (Fsp3) is 0.149. The third kappa shape index (κ3) is 6.07. The van der Waals surface area contributed by atoms with E-state index in [-0.39, 0.29) is 17.8 Å². The number of pyridine rings is 1. The molecular weight excluding hydrogens is 833 g/mol.